The van der Waals surface area contributed by atoms with Crippen LogP contribution in [0.4, 0.5) is 10.2 Å². The molecule has 0 fully saturated rings. The van der Waals surface area contributed by atoms with E-state index in [0.717, 1.165) is 23.0 Å². The van der Waals surface area contributed by atoms with Crippen molar-refractivity contribution in [1.82, 2.24) is 9.97 Å². The molecule has 0 spiro atoms. The van der Waals surface area contributed by atoms with Crippen molar-refractivity contribution in [2.24, 2.45) is 0 Å². The van der Waals surface area contributed by atoms with Crippen molar-refractivity contribution in [2.45, 2.75) is 19.8 Å². The Morgan fingerprint density at radius 3 is 2.70 bits per heavy atom. The molecule has 2 N–H and O–H groups in total. The molecule has 0 amide bonds. The molecular weight excluding hydrogens is 325 g/mol. The number of anilines is 1. The molecule has 0 aliphatic heterocycles. The molecule has 0 unspecified atom stereocenters. The van der Waals surface area contributed by atoms with E-state index in [1.54, 1.807) is 13.1 Å². The van der Waals surface area contributed by atoms with Gasteiger partial charge in [0.2, 0.25) is 0 Å². The molecule has 4 nitrogen and oxygen atoms in total. The molecule has 106 valence electrons. The van der Waals surface area contributed by atoms with E-state index in [4.69, 9.17) is 0 Å². The number of aromatic nitrogens is 2. The fourth-order valence-electron chi connectivity index (χ4n) is 1.84. The number of nitrogens with zero attached hydrogens (tertiary/aromatic N) is 2. The predicted octanol–water partition coefficient (Wildman–Crippen LogP) is 3.75. The molecule has 1 heterocycles. The van der Waals surface area contributed by atoms with Gasteiger partial charge < -0.3 is 10.4 Å². The van der Waals surface area contributed by atoms with Gasteiger partial charge in [-0.3, -0.25) is 0 Å². The zero-order valence-corrected chi connectivity index (χ0v) is 12.8. The first kappa shape index (κ1) is 14.7. The molecule has 2 aromatic rings. The first-order valence-electron chi connectivity index (χ1n) is 6.29. The first-order chi connectivity index (χ1) is 9.56. The Labute approximate surface area is 125 Å². The molecule has 0 atom stereocenters. The van der Waals surface area contributed by atoms with E-state index in [0.29, 0.717) is 17.2 Å². The molecule has 0 saturated carbocycles. The second kappa shape index (κ2) is 6.17. The second-order valence-electron chi connectivity index (χ2n) is 4.32. The van der Waals surface area contributed by atoms with Crippen LogP contribution in [0.5, 0.6) is 5.75 Å². The molecule has 0 aliphatic carbocycles. The van der Waals surface area contributed by atoms with Crippen molar-refractivity contribution in [1.29, 1.82) is 0 Å². The van der Waals surface area contributed by atoms with Crippen molar-refractivity contribution in [3.63, 3.8) is 0 Å². The standard InChI is InChI=1S/C14H15BrFN3O/c1-3-4-10-12(15)14(17-2)19-13(18-10)8-5-6-11(20)9(16)7-8/h5-7,20H,3-4H2,1-2H3,(H,17,18,19). The maximum absolute atomic E-state index is 13.4. The van der Waals surface area contributed by atoms with Gasteiger partial charge in [-0.1, -0.05) is 13.3 Å². The van der Waals surface area contributed by atoms with Crippen LogP contribution >= 0.6 is 15.9 Å². The summed E-state index contributed by atoms with van der Waals surface area (Å²) in [7, 11) is 1.77. The van der Waals surface area contributed by atoms with Gasteiger partial charge in [-0.05, 0) is 40.5 Å². The minimum Gasteiger partial charge on any atom is -0.505 e. The number of hydrogen-bond donors (Lipinski definition) is 2. The topological polar surface area (TPSA) is 58.0 Å². The molecule has 20 heavy (non-hydrogen) atoms. The third-order valence-electron chi connectivity index (χ3n) is 2.85. The Balaban J connectivity index is 2.55. The van der Waals surface area contributed by atoms with Gasteiger partial charge >= 0.3 is 0 Å². The van der Waals surface area contributed by atoms with E-state index in [1.807, 2.05) is 0 Å². The summed E-state index contributed by atoms with van der Waals surface area (Å²) in [6.07, 6.45) is 1.74. The summed E-state index contributed by atoms with van der Waals surface area (Å²) in [5.41, 5.74) is 1.40. The summed E-state index contributed by atoms with van der Waals surface area (Å²) < 4.78 is 14.3. The van der Waals surface area contributed by atoms with Crippen LogP contribution in [0, 0.1) is 5.82 Å². The maximum Gasteiger partial charge on any atom is 0.165 e. The number of aryl methyl sites for hydroxylation is 1. The van der Waals surface area contributed by atoms with Gasteiger partial charge in [0.05, 0.1) is 10.2 Å². The molecule has 1 aromatic carbocycles. The molecule has 6 heteroatoms. The SMILES string of the molecule is CCCc1nc(-c2ccc(O)c(F)c2)nc(NC)c1Br. The van der Waals surface area contributed by atoms with E-state index in [-0.39, 0.29) is 5.75 Å². The zero-order chi connectivity index (χ0) is 14.7. The highest BCUT2D eigenvalue weighted by atomic mass is 79.9. The predicted molar refractivity (Wildman–Crippen MR) is 80.3 cm³/mol. The smallest absolute Gasteiger partial charge is 0.165 e. The van der Waals surface area contributed by atoms with Gasteiger partial charge in [-0.15, -0.1) is 0 Å². The molecule has 0 saturated heterocycles. The number of hydrogen-bond acceptors (Lipinski definition) is 4. The lowest BCUT2D eigenvalue weighted by Crippen LogP contribution is -2.03. The highest BCUT2D eigenvalue weighted by molar-refractivity contribution is 9.10. The largest absolute Gasteiger partial charge is 0.505 e. The summed E-state index contributed by atoms with van der Waals surface area (Å²) in [6.45, 7) is 2.06. The second-order valence-corrected chi connectivity index (χ2v) is 5.12. The average Bonchev–Trinajstić information content (AvgIpc) is 2.44. The Kier molecular flexibility index (Phi) is 4.54. The Hall–Kier alpha value is -1.69. The molecule has 0 aliphatic rings. The summed E-state index contributed by atoms with van der Waals surface area (Å²) >= 11 is 3.47. The summed E-state index contributed by atoms with van der Waals surface area (Å²) in [5, 5.41) is 12.2. The molecule has 0 radical (unpaired) electrons. The van der Waals surface area contributed by atoms with E-state index in [9.17, 15) is 9.50 Å². The normalized spacial score (nSPS) is 10.6. The lowest BCUT2D eigenvalue weighted by molar-refractivity contribution is 0.432. The highest BCUT2D eigenvalue weighted by Crippen LogP contribution is 2.29. The van der Waals surface area contributed by atoms with Crippen molar-refractivity contribution in [2.75, 3.05) is 12.4 Å². The number of nitrogens with one attached hydrogen (secondary N) is 1. The number of aromatic hydroxyl groups is 1. The van der Waals surface area contributed by atoms with Gasteiger partial charge in [-0.2, -0.15) is 0 Å². The Morgan fingerprint density at radius 1 is 1.35 bits per heavy atom. The van der Waals surface area contributed by atoms with Crippen LogP contribution in [0.2, 0.25) is 0 Å². The van der Waals surface area contributed by atoms with Crippen molar-refractivity contribution in [3.8, 4) is 17.1 Å². The molecule has 0 bridgehead atoms. The number of phenols is 1. The number of benzene rings is 1. The van der Waals surface area contributed by atoms with Crippen LogP contribution in [0.15, 0.2) is 22.7 Å². The molecular formula is C14H15BrFN3O. The maximum atomic E-state index is 13.4. The lowest BCUT2D eigenvalue weighted by atomic mass is 10.1. The van der Waals surface area contributed by atoms with E-state index < -0.39 is 5.82 Å². The summed E-state index contributed by atoms with van der Waals surface area (Å²) in [4.78, 5) is 8.82. The van der Waals surface area contributed by atoms with Crippen molar-refractivity contribution in [3.05, 3.63) is 34.2 Å². The number of phenolic OH excluding ortho intramolecular Hbond substituents is 1. The highest BCUT2D eigenvalue weighted by Gasteiger charge is 2.13. The fraction of sp³-hybridized carbons (Fsp3) is 0.286. The van der Waals surface area contributed by atoms with Crippen molar-refractivity contribution >= 4 is 21.7 Å². The Bertz CT molecular complexity index is 634. The van der Waals surface area contributed by atoms with Crippen LogP contribution < -0.4 is 5.32 Å². The third-order valence-corrected chi connectivity index (χ3v) is 3.68. The third kappa shape index (κ3) is 2.90. The number of rotatable bonds is 4. The fourth-order valence-corrected chi connectivity index (χ4v) is 2.41. The van der Waals surface area contributed by atoms with Gasteiger partial charge in [-0.25, -0.2) is 14.4 Å². The average molecular weight is 340 g/mol. The van der Waals surface area contributed by atoms with Crippen LogP contribution in [0.1, 0.15) is 19.0 Å². The minimum atomic E-state index is -0.683. The molecule has 1 aromatic heterocycles. The number of halogens is 2. The van der Waals surface area contributed by atoms with Crippen LogP contribution in [0.3, 0.4) is 0 Å². The summed E-state index contributed by atoms with van der Waals surface area (Å²) in [6, 6.07) is 4.12. The van der Waals surface area contributed by atoms with E-state index >= 15 is 0 Å². The monoisotopic (exact) mass is 339 g/mol. The van der Waals surface area contributed by atoms with E-state index in [1.165, 1.54) is 12.1 Å². The van der Waals surface area contributed by atoms with Gasteiger partial charge in [0, 0.05) is 12.6 Å². The van der Waals surface area contributed by atoms with Gasteiger partial charge in [0.15, 0.2) is 17.4 Å². The van der Waals surface area contributed by atoms with Gasteiger partial charge in [0.25, 0.3) is 0 Å². The van der Waals surface area contributed by atoms with Crippen LogP contribution in [-0.4, -0.2) is 22.1 Å². The van der Waals surface area contributed by atoms with E-state index in [2.05, 4.69) is 38.1 Å². The quantitative estimate of drug-likeness (QED) is 0.890. The molecule has 2 rings (SSSR count). The van der Waals surface area contributed by atoms with Crippen LogP contribution in [-0.2, 0) is 6.42 Å². The lowest BCUT2D eigenvalue weighted by Gasteiger charge is -2.11. The first-order valence-corrected chi connectivity index (χ1v) is 7.09. The zero-order valence-electron chi connectivity index (χ0n) is 11.2. The van der Waals surface area contributed by atoms with Crippen LogP contribution in [0.25, 0.3) is 11.4 Å². The summed E-state index contributed by atoms with van der Waals surface area (Å²) in [5.74, 6) is 0.0254. The van der Waals surface area contributed by atoms with Crippen molar-refractivity contribution < 1.29 is 9.50 Å². The Morgan fingerprint density at radius 2 is 2.10 bits per heavy atom. The minimum absolute atomic E-state index is 0.381. The van der Waals surface area contributed by atoms with Gasteiger partial charge in [0.1, 0.15) is 5.82 Å².